The zero-order chi connectivity index (χ0) is 14.0. The van der Waals surface area contributed by atoms with Crippen molar-refractivity contribution >= 4 is 11.6 Å². The number of rotatable bonds is 2. The molecule has 0 amide bonds. The number of alkyl halides is 3. The van der Waals surface area contributed by atoms with Gasteiger partial charge in [0.15, 0.2) is 0 Å². The summed E-state index contributed by atoms with van der Waals surface area (Å²) in [5, 5.41) is -0.377. The van der Waals surface area contributed by atoms with Crippen molar-refractivity contribution in [3.63, 3.8) is 0 Å². The lowest BCUT2D eigenvalue weighted by Gasteiger charge is -2.11. The second-order valence-electron chi connectivity index (χ2n) is 4.06. The molecular formula is C14H10ClF3O. The number of ether oxygens (including phenoxy) is 1. The highest BCUT2D eigenvalue weighted by molar-refractivity contribution is 6.31. The molecule has 0 fully saturated rings. The van der Waals surface area contributed by atoms with Gasteiger partial charge >= 0.3 is 6.18 Å². The van der Waals surface area contributed by atoms with Gasteiger partial charge in [0.1, 0.15) is 11.5 Å². The van der Waals surface area contributed by atoms with Crippen molar-refractivity contribution in [3.8, 4) is 11.5 Å². The molecule has 0 spiro atoms. The third kappa shape index (κ3) is 3.41. The van der Waals surface area contributed by atoms with Gasteiger partial charge in [0.25, 0.3) is 0 Å². The maximum Gasteiger partial charge on any atom is 0.417 e. The molecule has 5 heteroatoms. The zero-order valence-electron chi connectivity index (χ0n) is 9.96. The van der Waals surface area contributed by atoms with Gasteiger partial charge in [0.2, 0.25) is 0 Å². The summed E-state index contributed by atoms with van der Waals surface area (Å²) in [7, 11) is 0. The molecule has 0 atom stereocenters. The van der Waals surface area contributed by atoms with E-state index in [0.29, 0.717) is 5.75 Å². The Bertz CT molecular complexity index is 593. The van der Waals surface area contributed by atoms with Crippen LogP contribution in [-0.2, 0) is 6.18 Å². The third-order valence-corrected chi connectivity index (χ3v) is 2.78. The first-order chi connectivity index (χ1) is 8.86. The number of halogens is 4. The Hall–Kier alpha value is -1.68. The van der Waals surface area contributed by atoms with Crippen LogP contribution in [0.5, 0.6) is 11.5 Å². The molecule has 0 saturated carbocycles. The molecule has 2 aromatic rings. The minimum atomic E-state index is -4.46. The molecule has 0 bridgehead atoms. The molecule has 2 rings (SSSR count). The van der Waals surface area contributed by atoms with Gasteiger partial charge in [0.05, 0.1) is 10.6 Å². The fourth-order valence-electron chi connectivity index (χ4n) is 1.60. The first-order valence-electron chi connectivity index (χ1n) is 5.47. The van der Waals surface area contributed by atoms with E-state index in [1.54, 1.807) is 18.2 Å². The molecule has 1 nitrogen and oxygen atoms in total. The van der Waals surface area contributed by atoms with Crippen LogP contribution >= 0.6 is 11.6 Å². The summed E-state index contributed by atoms with van der Waals surface area (Å²) in [5.41, 5.74) is 0.126. The largest absolute Gasteiger partial charge is 0.457 e. The molecule has 0 aliphatic rings. The first kappa shape index (κ1) is 13.7. The van der Waals surface area contributed by atoms with Crippen molar-refractivity contribution in [1.29, 1.82) is 0 Å². The van der Waals surface area contributed by atoms with E-state index in [4.69, 9.17) is 16.3 Å². The van der Waals surface area contributed by atoms with Crippen molar-refractivity contribution in [2.75, 3.05) is 0 Å². The number of hydrogen-bond donors (Lipinski definition) is 0. The van der Waals surface area contributed by atoms with Crippen LogP contribution in [0, 0.1) is 6.92 Å². The number of benzene rings is 2. The van der Waals surface area contributed by atoms with Crippen LogP contribution < -0.4 is 4.74 Å². The lowest BCUT2D eigenvalue weighted by Crippen LogP contribution is -2.05. The molecule has 2 aromatic carbocycles. The van der Waals surface area contributed by atoms with E-state index in [1.807, 2.05) is 13.0 Å². The summed E-state index contributed by atoms with van der Waals surface area (Å²) >= 11 is 5.61. The van der Waals surface area contributed by atoms with E-state index in [-0.39, 0.29) is 10.8 Å². The Kier molecular flexibility index (Phi) is 3.71. The van der Waals surface area contributed by atoms with Crippen molar-refractivity contribution in [3.05, 3.63) is 58.6 Å². The summed E-state index contributed by atoms with van der Waals surface area (Å²) in [5.74, 6) is 0.819. The summed E-state index contributed by atoms with van der Waals surface area (Å²) in [6.07, 6.45) is -4.46. The fourth-order valence-corrected chi connectivity index (χ4v) is 1.88. The van der Waals surface area contributed by atoms with Crippen LogP contribution in [0.1, 0.15) is 11.1 Å². The first-order valence-corrected chi connectivity index (χ1v) is 5.85. The molecule has 0 unspecified atom stereocenters. The smallest absolute Gasteiger partial charge is 0.417 e. The number of hydrogen-bond acceptors (Lipinski definition) is 1. The third-order valence-electron chi connectivity index (χ3n) is 2.47. The Morgan fingerprint density at radius 3 is 2.26 bits per heavy atom. The van der Waals surface area contributed by atoms with E-state index < -0.39 is 11.7 Å². The molecular weight excluding hydrogens is 277 g/mol. The van der Waals surface area contributed by atoms with Gasteiger partial charge in [0, 0.05) is 6.07 Å². The van der Waals surface area contributed by atoms with Gasteiger partial charge in [-0.15, -0.1) is 0 Å². The summed E-state index contributed by atoms with van der Waals surface area (Å²) in [6, 6.07) is 10.5. The molecule has 0 aliphatic heterocycles. The van der Waals surface area contributed by atoms with Crippen LogP contribution in [0.3, 0.4) is 0 Å². The SMILES string of the molecule is Cc1cccc(Oc2ccc(C(F)(F)F)c(Cl)c2)c1. The Labute approximate surface area is 113 Å². The van der Waals surface area contributed by atoms with Gasteiger partial charge in [-0.05, 0) is 36.8 Å². The quantitative estimate of drug-likeness (QED) is 0.712. The van der Waals surface area contributed by atoms with E-state index in [2.05, 4.69) is 0 Å². The van der Waals surface area contributed by atoms with Crippen molar-refractivity contribution < 1.29 is 17.9 Å². The Morgan fingerprint density at radius 1 is 1.00 bits per heavy atom. The predicted molar refractivity (Wildman–Crippen MR) is 67.7 cm³/mol. The molecule has 100 valence electrons. The van der Waals surface area contributed by atoms with Crippen LogP contribution in [0.2, 0.25) is 5.02 Å². The Morgan fingerprint density at radius 2 is 1.68 bits per heavy atom. The zero-order valence-corrected chi connectivity index (χ0v) is 10.7. The average molecular weight is 287 g/mol. The topological polar surface area (TPSA) is 9.23 Å². The normalized spacial score (nSPS) is 11.4. The van der Waals surface area contributed by atoms with Gasteiger partial charge in [-0.3, -0.25) is 0 Å². The average Bonchev–Trinajstić information content (AvgIpc) is 2.27. The standard InChI is InChI=1S/C14H10ClF3O/c1-9-3-2-4-10(7-9)19-11-5-6-12(13(15)8-11)14(16,17)18/h2-8H,1H3. The minimum absolute atomic E-state index is 0.267. The monoisotopic (exact) mass is 286 g/mol. The molecule has 0 aromatic heterocycles. The van der Waals surface area contributed by atoms with Crippen LogP contribution in [0.25, 0.3) is 0 Å². The molecule has 0 saturated heterocycles. The molecule has 0 N–H and O–H groups in total. The lowest BCUT2D eigenvalue weighted by molar-refractivity contribution is -0.137. The minimum Gasteiger partial charge on any atom is -0.457 e. The highest BCUT2D eigenvalue weighted by atomic mass is 35.5. The van der Waals surface area contributed by atoms with E-state index in [0.717, 1.165) is 17.7 Å². The second kappa shape index (κ2) is 5.13. The lowest BCUT2D eigenvalue weighted by atomic mass is 10.2. The maximum absolute atomic E-state index is 12.5. The van der Waals surface area contributed by atoms with Crippen LogP contribution in [0.4, 0.5) is 13.2 Å². The van der Waals surface area contributed by atoms with Gasteiger partial charge in [-0.25, -0.2) is 0 Å². The predicted octanol–water partition coefficient (Wildman–Crippen LogP) is 5.46. The summed E-state index contributed by atoms with van der Waals surface area (Å²) < 4.78 is 43.1. The highest BCUT2D eigenvalue weighted by Gasteiger charge is 2.33. The van der Waals surface area contributed by atoms with Crippen molar-refractivity contribution in [1.82, 2.24) is 0 Å². The van der Waals surface area contributed by atoms with Crippen molar-refractivity contribution in [2.45, 2.75) is 13.1 Å². The Balaban J connectivity index is 2.26. The molecule has 0 aliphatic carbocycles. The second-order valence-corrected chi connectivity index (χ2v) is 4.47. The molecule has 0 heterocycles. The summed E-state index contributed by atoms with van der Waals surface area (Å²) in [4.78, 5) is 0. The van der Waals surface area contributed by atoms with Gasteiger partial charge in [-0.2, -0.15) is 13.2 Å². The number of aryl methyl sites for hydroxylation is 1. The van der Waals surface area contributed by atoms with E-state index >= 15 is 0 Å². The van der Waals surface area contributed by atoms with Crippen molar-refractivity contribution in [2.24, 2.45) is 0 Å². The van der Waals surface area contributed by atoms with E-state index in [9.17, 15) is 13.2 Å². The fraction of sp³-hybridized carbons (Fsp3) is 0.143. The van der Waals surface area contributed by atoms with Gasteiger partial charge in [-0.1, -0.05) is 23.7 Å². The molecule has 0 radical (unpaired) electrons. The summed E-state index contributed by atoms with van der Waals surface area (Å²) in [6.45, 7) is 1.90. The van der Waals surface area contributed by atoms with Crippen LogP contribution in [0.15, 0.2) is 42.5 Å². The van der Waals surface area contributed by atoms with Gasteiger partial charge < -0.3 is 4.74 Å². The maximum atomic E-state index is 12.5. The highest BCUT2D eigenvalue weighted by Crippen LogP contribution is 2.37. The van der Waals surface area contributed by atoms with Crippen LogP contribution in [-0.4, -0.2) is 0 Å². The molecule has 19 heavy (non-hydrogen) atoms. The van der Waals surface area contributed by atoms with E-state index in [1.165, 1.54) is 6.07 Å².